The first-order chi connectivity index (χ1) is 15.4. The zero-order valence-electron chi connectivity index (χ0n) is 18.1. The predicted octanol–water partition coefficient (Wildman–Crippen LogP) is 3.75. The Bertz CT molecular complexity index is 1170. The van der Waals surface area contributed by atoms with Crippen LogP contribution in [0.25, 0.3) is 0 Å². The molecule has 0 bridgehead atoms. The average molecular weight is 450 g/mol. The summed E-state index contributed by atoms with van der Waals surface area (Å²) in [6.45, 7) is 5.39. The van der Waals surface area contributed by atoms with Crippen LogP contribution in [0.4, 0.5) is 5.69 Å². The van der Waals surface area contributed by atoms with Crippen molar-refractivity contribution in [1.82, 2.24) is 9.80 Å². The maximum absolute atomic E-state index is 13.1. The highest BCUT2D eigenvalue weighted by molar-refractivity contribution is 7.92. The summed E-state index contributed by atoms with van der Waals surface area (Å²) in [5.41, 5.74) is 2.72. The fraction of sp³-hybridized carbons (Fsp3) is 0.240. The second-order valence-corrected chi connectivity index (χ2v) is 9.66. The Morgan fingerprint density at radius 2 is 1.50 bits per heavy atom. The van der Waals surface area contributed by atoms with Crippen molar-refractivity contribution >= 4 is 21.6 Å². The molecule has 7 heteroatoms. The van der Waals surface area contributed by atoms with Gasteiger partial charge in [-0.1, -0.05) is 54.6 Å². The molecule has 3 aromatic carbocycles. The van der Waals surface area contributed by atoms with Gasteiger partial charge < -0.3 is 4.90 Å². The number of nitrogens with zero attached hydrogens (tertiary/aromatic N) is 2. The lowest BCUT2D eigenvalue weighted by Crippen LogP contribution is -2.48. The number of benzene rings is 3. The molecule has 3 aromatic rings. The number of carbonyl (C=O) groups is 1. The molecule has 1 aliphatic rings. The van der Waals surface area contributed by atoms with Crippen molar-refractivity contribution in [3.63, 3.8) is 0 Å². The SMILES string of the molecule is Cc1ccc(C(=O)N2CCN(Cc3ccccc3)CC2)cc1S(=O)(=O)Nc1ccccc1. The first kappa shape index (κ1) is 22.0. The second-order valence-electron chi connectivity index (χ2n) is 8.01. The zero-order chi connectivity index (χ0) is 22.6. The van der Waals surface area contributed by atoms with E-state index in [1.807, 2.05) is 24.3 Å². The Kier molecular flexibility index (Phi) is 6.58. The summed E-state index contributed by atoms with van der Waals surface area (Å²) in [6.07, 6.45) is 0. The third kappa shape index (κ3) is 5.18. The number of aryl methyl sites for hydroxylation is 1. The van der Waals surface area contributed by atoms with Crippen LogP contribution in [0.5, 0.6) is 0 Å². The van der Waals surface area contributed by atoms with Gasteiger partial charge in [0.1, 0.15) is 0 Å². The van der Waals surface area contributed by atoms with Gasteiger partial charge in [-0.2, -0.15) is 0 Å². The van der Waals surface area contributed by atoms with Crippen molar-refractivity contribution in [3.8, 4) is 0 Å². The number of amides is 1. The van der Waals surface area contributed by atoms with Crippen LogP contribution in [0.3, 0.4) is 0 Å². The quantitative estimate of drug-likeness (QED) is 0.622. The third-order valence-electron chi connectivity index (χ3n) is 5.66. The molecule has 0 unspecified atom stereocenters. The number of sulfonamides is 1. The Morgan fingerprint density at radius 1 is 0.875 bits per heavy atom. The van der Waals surface area contributed by atoms with Crippen LogP contribution in [-0.2, 0) is 16.6 Å². The number of nitrogens with one attached hydrogen (secondary N) is 1. The number of rotatable bonds is 6. The van der Waals surface area contributed by atoms with Gasteiger partial charge in [0.25, 0.3) is 15.9 Å². The molecule has 0 atom stereocenters. The minimum Gasteiger partial charge on any atom is -0.336 e. The van der Waals surface area contributed by atoms with Gasteiger partial charge in [-0.25, -0.2) is 8.42 Å². The highest BCUT2D eigenvalue weighted by Crippen LogP contribution is 2.22. The van der Waals surface area contributed by atoms with Gasteiger partial charge in [0.05, 0.1) is 4.90 Å². The molecule has 4 rings (SSSR count). The van der Waals surface area contributed by atoms with E-state index in [1.165, 1.54) is 11.6 Å². The van der Waals surface area contributed by atoms with E-state index in [4.69, 9.17) is 0 Å². The third-order valence-corrected chi connectivity index (χ3v) is 7.18. The zero-order valence-corrected chi connectivity index (χ0v) is 18.9. The lowest BCUT2D eigenvalue weighted by atomic mass is 10.1. The van der Waals surface area contributed by atoms with Gasteiger partial charge in [-0.05, 0) is 42.3 Å². The fourth-order valence-electron chi connectivity index (χ4n) is 3.87. The van der Waals surface area contributed by atoms with Crippen molar-refractivity contribution in [2.45, 2.75) is 18.4 Å². The van der Waals surface area contributed by atoms with Gasteiger partial charge >= 0.3 is 0 Å². The van der Waals surface area contributed by atoms with Crippen LogP contribution in [0.2, 0.25) is 0 Å². The molecule has 1 aliphatic heterocycles. The molecule has 166 valence electrons. The summed E-state index contributed by atoms with van der Waals surface area (Å²) >= 11 is 0. The van der Waals surface area contributed by atoms with Gasteiger partial charge in [-0.3, -0.25) is 14.4 Å². The molecule has 1 saturated heterocycles. The van der Waals surface area contributed by atoms with E-state index in [1.54, 1.807) is 48.2 Å². The minimum atomic E-state index is -3.80. The van der Waals surface area contributed by atoms with E-state index in [9.17, 15) is 13.2 Å². The van der Waals surface area contributed by atoms with E-state index in [2.05, 4.69) is 21.8 Å². The summed E-state index contributed by atoms with van der Waals surface area (Å²) in [6, 6.07) is 23.9. The van der Waals surface area contributed by atoms with Crippen LogP contribution < -0.4 is 4.72 Å². The number of hydrogen-bond acceptors (Lipinski definition) is 4. The van der Waals surface area contributed by atoms with Crippen molar-refractivity contribution in [2.24, 2.45) is 0 Å². The van der Waals surface area contributed by atoms with Gasteiger partial charge in [0, 0.05) is 44.0 Å². The van der Waals surface area contributed by atoms with Crippen LogP contribution >= 0.6 is 0 Å². The van der Waals surface area contributed by atoms with E-state index in [0.717, 1.165) is 19.6 Å². The van der Waals surface area contributed by atoms with E-state index < -0.39 is 10.0 Å². The summed E-state index contributed by atoms with van der Waals surface area (Å²) in [5.74, 6) is -0.138. The summed E-state index contributed by atoms with van der Waals surface area (Å²) in [4.78, 5) is 17.4. The molecule has 0 saturated carbocycles. The normalized spacial score (nSPS) is 14.8. The second kappa shape index (κ2) is 9.54. The molecular weight excluding hydrogens is 422 g/mol. The predicted molar refractivity (Wildman–Crippen MR) is 126 cm³/mol. The van der Waals surface area contributed by atoms with Crippen molar-refractivity contribution in [3.05, 3.63) is 95.6 Å². The minimum absolute atomic E-state index is 0.120. The van der Waals surface area contributed by atoms with Crippen molar-refractivity contribution in [2.75, 3.05) is 30.9 Å². The standard InChI is InChI=1S/C25H27N3O3S/c1-20-12-13-22(18-24(20)32(30,31)26-23-10-6-3-7-11-23)25(29)28-16-14-27(15-17-28)19-21-8-4-2-5-9-21/h2-13,18,26H,14-17,19H2,1H3. The Balaban J connectivity index is 1.44. The molecule has 0 radical (unpaired) electrons. The number of carbonyl (C=O) groups excluding carboxylic acids is 1. The van der Waals surface area contributed by atoms with Crippen molar-refractivity contribution in [1.29, 1.82) is 0 Å². The smallest absolute Gasteiger partial charge is 0.262 e. The molecule has 1 heterocycles. The maximum atomic E-state index is 13.1. The average Bonchev–Trinajstić information content (AvgIpc) is 2.80. The van der Waals surface area contributed by atoms with E-state index >= 15 is 0 Å². The Labute approximate surface area is 189 Å². The van der Waals surface area contributed by atoms with Crippen molar-refractivity contribution < 1.29 is 13.2 Å². The van der Waals surface area contributed by atoms with Crippen LogP contribution in [0, 0.1) is 6.92 Å². The fourth-order valence-corrected chi connectivity index (χ4v) is 5.20. The Morgan fingerprint density at radius 3 is 2.16 bits per heavy atom. The molecule has 6 nitrogen and oxygen atoms in total. The molecule has 0 spiro atoms. The van der Waals surface area contributed by atoms with E-state index in [0.29, 0.717) is 29.9 Å². The first-order valence-electron chi connectivity index (χ1n) is 10.7. The molecule has 1 amide bonds. The summed E-state index contributed by atoms with van der Waals surface area (Å²) in [7, 11) is -3.80. The van der Waals surface area contributed by atoms with Gasteiger partial charge in [0.2, 0.25) is 0 Å². The highest BCUT2D eigenvalue weighted by atomic mass is 32.2. The highest BCUT2D eigenvalue weighted by Gasteiger charge is 2.24. The number of anilines is 1. The topological polar surface area (TPSA) is 69.7 Å². The van der Waals surface area contributed by atoms with Gasteiger partial charge in [0.15, 0.2) is 0 Å². The Hall–Kier alpha value is -3.16. The molecule has 1 N–H and O–H groups in total. The molecule has 1 fully saturated rings. The van der Waals surface area contributed by atoms with Crippen LogP contribution in [0.15, 0.2) is 83.8 Å². The number of para-hydroxylation sites is 1. The molecule has 0 aliphatic carbocycles. The van der Waals surface area contributed by atoms with E-state index in [-0.39, 0.29) is 10.8 Å². The van der Waals surface area contributed by atoms with Gasteiger partial charge in [-0.15, -0.1) is 0 Å². The monoisotopic (exact) mass is 449 g/mol. The number of piperazine rings is 1. The van der Waals surface area contributed by atoms with Crippen LogP contribution in [-0.4, -0.2) is 50.3 Å². The molecular formula is C25H27N3O3S. The largest absolute Gasteiger partial charge is 0.336 e. The first-order valence-corrected chi connectivity index (χ1v) is 12.1. The molecule has 0 aromatic heterocycles. The maximum Gasteiger partial charge on any atom is 0.262 e. The summed E-state index contributed by atoms with van der Waals surface area (Å²) < 4.78 is 28.5. The molecule has 32 heavy (non-hydrogen) atoms. The number of hydrogen-bond donors (Lipinski definition) is 1. The lowest BCUT2D eigenvalue weighted by Gasteiger charge is -2.35. The van der Waals surface area contributed by atoms with Crippen LogP contribution in [0.1, 0.15) is 21.5 Å². The summed E-state index contributed by atoms with van der Waals surface area (Å²) in [5, 5.41) is 0. The lowest BCUT2D eigenvalue weighted by molar-refractivity contribution is 0.0628.